The maximum absolute atomic E-state index is 13.2. The predicted molar refractivity (Wildman–Crippen MR) is 134 cm³/mol. The highest BCUT2D eigenvalue weighted by atomic mass is 32.1. The largest absolute Gasteiger partial charge is 0.454 e. The number of ether oxygens (including phenoxy) is 2. The van der Waals surface area contributed by atoms with Crippen LogP contribution < -0.4 is 25.4 Å². The number of rotatable bonds is 7. The molecule has 186 valence electrons. The molecule has 2 aromatic rings. The number of halogens is 1. The summed E-state index contributed by atoms with van der Waals surface area (Å²) in [6.45, 7) is 3.91. The maximum atomic E-state index is 13.2. The number of hydrogen-bond acceptors (Lipinski definition) is 5. The second-order valence-corrected chi connectivity index (χ2v) is 8.96. The molecule has 2 heterocycles. The molecule has 1 fully saturated rings. The SMILES string of the molecule is CCCNC(=O)[C@H](NC(=O)c1ccc2c(c1)OCO2)C1CCN(C(=S)Nc2ccc(F)cc2)CC1. The molecule has 8 nitrogen and oxygen atoms in total. The molecule has 0 aromatic heterocycles. The molecule has 0 spiro atoms. The summed E-state index contributed by atoms with van der Waals surface area (Å²) in [4.78, 5) is 28.0. The van der Waals surface area contributed by atoms with Crippen molar-refractivity contribution in [1.82, 2.24) is 15.5 Å². The Bertz CT molecular complexity index is 1070. The van der Waals surface area contributed by atoms with Crippen LogP contribution in [0.25, 0.3) is 0 Å². The summed E-state index contributed by atoms with van der Waals surface area (Å²) in [5, 5.41) is 9.54. The fourth-order valence-corrected chi connectivity index (χ4v) is 4.49. The highest BCUT2D eigenvalue weighted by Crippen LogP contribution is 2.32. The summed E-state index contributed by atoms with van der Waals surface area (Å²) in [5.41, 5.74) is 1.12. The van der Waals surface area contributed by atoms with Gasteiger partial charge in [0.2, 0.25) is 12.7 Å². The van der Waals surface area contributed by atoms with Crippen LogP contribution in [0, 0.1) is 11.7 Å². The Morgan fingerprint density at radius 1 is 1.11 bits per heavy atom. The van der Waals surface area contributed by atoms with Crippen LogP contribution in [0.5, 0.6) is 11.5 Å². The molecule has 0 aliphatic carbocycles. The average molecular weight is 501 g/mol. The fourth-order valence-electron chi connectivity index (χ4n) is 4.19. The van der Waals surface area contributed by atoms with E-state index >= 15 is 0 Å². The number of carbonyl (C=O) groups is 2. The van der Waals surface area contributed by atoms with Gasteiger partial charge in [-0.15, -0.1) is 0 Å². The van der Waals surface area contributed by atoms with Gasteiger partial charge >= 0.3 is 0 Å². The summed E-state index contributed by atoms with van der Waals surface area (Å²) in [5.74, 6) is 0.228. The third kappa shape index (κ3) is 6.19. The Labute approximate surface area is 209 Å². The van der Waals surface area contributed by atoms with Gasteiger partial charge < -0.3 is 30.3 Å². The van der Waals surface area contributed by atoms with Crippen molar-refractivity contribution in [2.75, 3.05) is 31.7 Å². The Balaban J connectivity index is 1.38. The van der Waals surface area contributed by atoms with Gasteiger partial charge in [-0.25, -0.2) is 4.39 Å². The van der Waals surface area contributed by atoms with Crippen LogP contribution in [-0.4, -0.2) is 54.3 Å². The Morgan fingerprint density at radius 3 is 2.54 bits per heavy atom. The standard InChI is InChI=1S/C25H29FN4O4S/c1-2-11-27-24(32)22(29-23(31)17-3-8-20-21(14-17)34-15-33-20)16-9-12-30(13-10-16)25(35)28-19-6-4-18(26)5-7-19/h3-8,14,16,22H,2,9-13,15H2,1H3,(H,27,32)(H,28,35)(H,29,31)/t22-/m1/s1. The first kappa shape index (κ1) is 24.7. The van der Waals surface area contributed by atoms with Crippen molar-refractivity contribution >= 4 is 34.8 Å². The molecule has 10 heteroatoms. The van der Waals surface area contributed by atoms with Gasteiger partial charge in [0, 0.05) is 30.9 Å². The second kappa shape index (κ2) is 11.4. The number of carbonyl (C=O) groups excluding carboxylic acids is 2. The number of piperidine rings is 1. The highest BCUT2D eigenvalue weighted by molar-refractivity contribution is 7.80. The molecule has 0 saturated carbocycles. The van der Waals surface area contributed by atoms with Crippen molar-refractivity contribution in [2.45, 2.75) is 32.2 Å². The van der Waals surface area contributed by atoms with Crippen LogP contribution in [0.15, 0.2) is 42.5 Å². The third-order valence-electron chi connectivity index (χ3n) is 6.15. The van der Waals surface area contributed by atoms with Gasteiger partial charge in [0.05, 0.1) is 0 Å². The minimum atomic E-state index is -0.666. The number of nitrogens with zero attached hydrogens (tertiary/aromatic N) is 1. The number of anilines is 1. The summed E-state index contributed by atoms with van der Waals surface area (Å²) in [6.07, 6.45) is 2.16. The van der Waals surface area contributed by atoms with Crippen molar-refractivity contribution in [3.05, 3.63) is 53.8 Å². The average Bonchev–Trinajstić information content (AvgIpc) is 3.35. The molecule has 0 bridgehead atoms. The molecule has 2 aliphatic rings. The molecule has 1 saturated heterocycles. The zero-order valence-electron chi connectivity index (χ0n) is 19.5. The minimum Gasteiger partial charge on any atom is -0.454 e. The number of hydrogen-bond donors (Lipinski definition) is 3. The number of likely N-dealkylation sites (tertiary alicyclic amines) is 1. The lowest BCUT2D eigenvalue weighted by Gasteiger charge is -2.37. The van der Waals surface area contributed by atoms with Gasteiger partial charge in [0.15, 0.2) is 16.6 Å². The lowest BCUT2D eigenvalue weighted by Crippen LogP contribution is -2.54. The van der Waals surface area contributed by atoms with Crippen LogP contribution in [-0.2, 0) is 4.79 Å². The van der Waals surface area contributed by atoms with E-state index in [0.717, 1.165) is 6.42 Å². The number of thiocarbonyl (C=S) groups is 1. The second-order valence-electron chi connectivity index (χ2n) is 8.57. The third-order valence-corrected chi connectivity index (χ3v) is 6.51. The van der Waals surface area contributed by atoms with Gasteiger partial charge in [-0.3, -0.25) is 9.59 Å². The number of nitrogens with one attached hydrogen (secondary N) is 3. The quantitative estimate of drug-likeness (QED) is 0.503. The Hall–Kier alpha value is -3.40. The predicted octanol–water partition coefficient (Wildman–Crippen LogP) is 3.29. The lowest BCUT2D eigenvalue weighted by atomic mass is 9.88. The van der Waals surface area contributed by atoms with Crippen molar-refractivity contribution in [3.8, 4) is 11.5 Å². The maximum Gasteiger partial charge on any atom is 0.252 e. The highest BCUT2D eigenvalue weighted by Gasteiger charge is 2.33. The van der Waals surface area contributed by atoms with Gasteiger partial charge in [-0.05, 0) is 79.9 Å². The van der Waals surface area contributed by atoms with Crippen LogP contribution in [0.2, 0.25) is 0 Å². The molecule has 0 unspecified atom stereocenters. The van der Waals surface area contributed by atoms with Crippen LogP contribution >= 0.6 is 12.2 Å². The van der Waals surface area contributed by atoms with Crippen LogP contribution in [0.3, 0.4) is 0 Å². The molecule has 2 aromatic carbocycles. The molecule has 2 amide bonds. The van der Waals surface area contributed by atoms with Gasteiger partial charge in [-0.2, -0.15) is 0 Å². The van der Waals surface area contributed by atoms with Gasteiger partial charge in [0.1, 0.15) is 11.9 Å². The summed E-state index contributed by atoms with van der Waals surface area (Å²) in [7, 11) is 0. The monoisotopic (exact) mass is 500 g/mol. The van der Waals surface area contributed by atoms with Crippen LogP contribution in [0.1, 0.15) is 36.5 Å². The zero-order chi connectivity index (χ0) is 24.8. The molecule has 2 aliphatic heterocycles. The van der Waals surface area contributed by atoms with E-state index in [2.05, 4.69) is 16.0 Å². The van der Waals surface area contributed by atoms with E-state index < -0.39 is 6.04 Å². The first-order valence-electron chi connectivity index (χ1n) is 11.7. The lowest BCUT2D eigenvalue weighted by molar-refractivity contribution is -0.124. The van der Waals surface area contributed by atoms with E-state index in [9.17, 15) is 14.0 Å². The molecule has 35 heavy (non-hydrogen) atoms. The van der Waals surface area contributed by atoms with E-state index in [1.54, 1.807) is 30.3 Å². The number of amides is 2. The Kier molecular flexibility index (Phi) is 8.02. The van der Waals surface area contributed by atoms with Crippen LogP contribution in [0.4, 0.5) is 10.1 Å². The smallest absolute Gasteiger partial charge is 0.252 e. The van der Waals surface area contributed by atoms with E-state index in [1.807, 2.05) is 11.8 Å². The topological polar surface area (TPSA) is 91.9 Å². The van der Waals surface area contributed by atoms with E-state index in [0.29, 0.717) is 60.3 Å². The molecule has 0 radical (unpaired) electrons. The first-order chi connectivity index (χ1) is 16.9. The molecule has 4 rings (SSSR count). The fraction of sp³-hybridized carbons (Fsp3) is 0.400. The van der Waals surface area contributed by atoms with E-state index in [-0.39, 0.29) is 30.3 Å². The van der Waals surface area contributed by atoms with Crippen molar-refractivity contribution in [2.24, 2.45) is 5.92 Å². The molecular formula is C25H29FN4O4S. The van der Waals surface area contributed by atoms with Crippen molar-refractivity contribution in [1.29, 1.82) is 0 Å². The van der Waals surface area contributed by atoms with Crippen molar-refractivity contribution < 1.29 is 23.5 Å². The number of benzene rings is 2. The van der Waals surface area contributed by atoms with E-state index in [4.69, 9.17) is 21.7 Å². The molecule has 3 N–H and O–H groups in total. The molecular weight excluding hydrogens is 471 g/mol. The number of fused-ring (bicyclic) bond motifs is 1. The Morgan fingerprint density at radius 2 is 1.83 bits per heavy atom. The summed E-state index contributed by atoms with van der Waals surface area (Å²) >= 11 is 5.53. The summed E-state index contributed by atoms with van der Waals surface area (Å²) in [6, 6.07) is 10.3. The minimum absolute atomic E-state index is 0.0466. The zero-order valence-corrected chi connectivity index (χ0v) is 20.3. The first-order valence-corrected chi connectivity index (χ1v) is 12.1. The normalized spacial score (nSPS) is 15.9. The molecule has 1 atom stereocenters. The summed E-state index contributed by atoms with van der Waals surface area (Å²) < 4.78 is 23.8. The van der Waals surface area contributed by atoms with E-state index in [1.165, 1.54) is 12.1 Å². The van der Waals surface area contributed by atoms with Gasteiger partial charge in [0.25, 0.3) is 5.91 Å². The van der Waals surface area contributed by atoms with Crippen molar-refractivity contribution in [3.63, 3.8) is 0 Å². The van der Waals surface area contributed by atoms with Gasteiger partial charge in [-0.1, -0.05) is 6.92 Å².